The van der Waals surface area contributed by atoms with Gasteiger partial charge in [-0.05, 0) is 56.4 Å². The Morgan fingerprint density at radius 3 is 2.43 bits per heavy atom. The Balaban J connectivity index is 1.71. The van der Waals surface area contributed by atoms with Crippen LogP contribution in [0.4, 0.5) is 16.4 Å². The number of aromatic nitrogens is 2. The third kappa shape index (κ3) is 7.52. The smallest absolute Gasteiger partial charge is 0.407 e. The maximum Gasteiger partial charge on any atom is 0.407 e. The lowest BCUT2D eigenvalue weighted by Gasteiger charge is -2.21. The molecule has 0 aliphatic heterocycles. The molecule has 3 aromatic rings. The van der Waals surface area contributed by atoms with E-state index in [0.29, 0.717) is 30.2 Å². The number of alkyl carbamates (subject to hydrolysis) is 1. The summed E-state index contributed by atoms with van der Waals surface area (Å²) in [4.78, 5) is 20.8. The molecule has 1 unspecified atom stereocenters. The van der Waals surface area contributed by atoms with E-state index in [1.54, 1.807) is 0 Å². The molecule has 1 heterocycles. The zero-order valence-electron chi connectivity index (χ0n) is 20.5. The van der Waals surface area contributed by atoms with Gasteiger partial charge in [-0.2, -0.15) is 5.26 Å². The van der Waals surface area contributed by atoms with E-state index in [2.05, 4.69) is 26.7 Å². The highest BCUT2D eigenvalue weighted by molar-refractivity contribution is 5.69. The molecule has 0 bridgehead atoms. The molecular formula is C27H31N5O3. The molecule has 0 fully saturated rings. The van der Waals surface area contributed by atoms with E-state index in [1.165, 1.54) is 6.20 Å². The summed E-state index contributed by atoms with van der Waals surface area (Å²) in [5.41, 5.74) is 4.05. The summed E-state index contributed by atoms with van der Waals surface area (Å²) < 4.78 is 5.29. The van der Waals surface area contributed by atoms with Gasteiger partial charge in [0, 0.05) is 24.4 Å². The average Bonchev–Trinajstić information content (AvgIpc) is 2.83. The molecule has 182 valence electrons. The quantitative estimate of drug-likeness (QED) is 0.425. The van der Waals surface area contributed by atoms with Crippen LogP contribution in [0.15, 0.2) is 54.7 Å². The van der Waals surface area contributed by atoms with E-state index in [9.17, 15) is 10.1 Å². The Morgan fingerprint density at radius 1 is 1.14 bits per heavy atom. The summed E-state index contributed by atoms with van der Waals surface area (Å²) in [7, 11) is 0. The summed E-state index contributed by atoms with van der Waals surface area (Å²) in [6.45, 7) is 8.04. The summed E-state index contributed by atoms with van der Waals surface area (Å²) in [5, 5.41) is 24.6. The van der Waals surface area contributed by atoms with Crippen LogP contribution >= 0.6 is 0 Å². The minimum Gasteiger partial charge on any atom is -0.444 e. The second kappa shape index (κ2) is 11.4. The fourth-order valence-electron chi connectivity index (χ4n) is 3.39. The fraction of sp³-hybridized carbons (Fsp3) is 0.333. The van der Waals surface area contributed by atoms with Gasteiger partial charge in [0.2, 0.25) is 5.95 Å². The number of hydrogen-bond acceptors (Lipinski definition) is 7. The second-order valence-electron chi connectivity index (χ2n) is 9.27. The van der Waals surface area contributed by atoms with Crippen LogP contribution in [-0.4, -0.2) is 39.9 Å². The van der Waals surface area contributed by atoms with Gasteiger partial charge in [0.25, 0.3) is 0 Å². The molecular weight excluding hydrogens is 442 g/mol. The molecule has 3 N–H and O–H groups in total. The number of rotatable bonds is 8. The number of anilines is 2. The van der Waals surface area contributed by atoms with Gasteiger partial charge in [-0.25, -0.2) is 14.8 Å². The Bertz CT molecular complexity index is 1180. The number of aliphatic hydroxyl groups excluding tert-OH is 1. The molecule has 1 atom stereocenters. The van der Waals surface area contributed by atoms with Crippen molar-refractivity contribution in [1.82, 2.24) is 15.3 Å². The number of nitriles is 1. The first-order valence-corrected chi connectivity index (χ1v) is 11.5. The van der Waals surface area contributed by atoms with Crippen LogP contribution in [0.25, 0.3) is 11.3 Å². The normalized spacial score (nSPS) is 11.9. The van der Waals surface area contributed by atoms with Crippen LogP contribution in [0.2, 0.25) is 0 Å². The summed E-state index contributed by atoms with van der Waals surface area (Å²) in [6.07, 6.45) is 1.67. The van der Waals surface area contributed by atoms with Crippen LogP contribution in [0.5, 0.6) is 0 Å². The van der Waals surface area contributed by atoms with Crippen LogP contribution < -0.4 is 10.6 Å². The van der Waals surface area contributed by atoms with Crippen molar-refractivity contribution in [2.24, 2.45) is 0 Å². The number of nitrogens with zero attached hydrogens (tertiary/aromatic N) is 3. The SMILES string of the molecule is CC(CNC(=O)OC(C)(C)C)c1ccc(-c2nc(Nc3ccc(CCO)cc3)ncc2C#N)cc1. The summed E-state index contributed by atoms with van der Waals surface area (Å²) >= 11 is 0. The van der Waals surface area contributed by atoms with Crippen LogP contribution in [0.1, 0.15) is 50.3 Å². The first kappa shape index (κ1) is 25.7. The lowest BCUT2D eigenvalue weighted by Crippen LogP contribution is -2.34. The Hall–Kier alpha value is -3.96. The highest BCUT2D eigenvalue weighted by Gasteiger charge is 2.17. The highest BCUT2D eigenvalue weighted by atomic mass is 16.6. The molecule has 8 nitrogen and oxygen atoms in total. The molecule has 0 spiro atoms. The first-order chi connectivity index (χ1) is 16.7. The molecule has 1 amide bonds. The number of nitrogens with one attached hydrogen (secondary N) is 2. The van der Waals surface area contributed by atoms with E-state index in [4.69, 9.17) is 9.84 Å². The lowest BCUT2D eigenvalue weighted by molar-refractivity contribution is 0.0525. The van der Waals surface area contributed by atoms with Gasteiger partial charge in [-0.15, -0.1) is 0 Å². The zero-order valence-corrected chi connectivity index (χ0v) is 20.5. The van der Waals surface area contributed by atoms with E-state index < -0.39 is 11.7 Å². The van der Waals surface area contributed by atoms with Crippen LogP contribution in [-0.2, 0) is 11.2 Å². The van der Waals surface area contributed by atoms with E-state index in [-0.39, 0.29) is 12.5 Å². The predicted octanol–water partition coefficient (Wildman–Crippen LogP) is 4.92. The van der Waals surface area contributed by atoms with E-state index >= 15 is 0 Å². The molecule has 35 heavy (non-hydrogen) atoms. The van der Waals surface area contributed by atoms with Crippen molar-refractivity contribution in [3.8, 4) is 17.3 Å². The highest BCUT2D eigenvalue weighted by Crippen LogP contribution is 2.25. The van der Waals surface area contributed by atoms with Gasteiger partial charge in [-0.1, -0.05) is 43.3 Å². The summed E-state index contributed by atoms with van der Waals surface area (Å²) in [6, 6.07) is 17.6. The second-order valence-corrected chi connectivity index (χ2v) is 9.27. The van der Waals surface area contributed by atoms with Crippen molar-refractivity contribution in [2.45, 2.75) is 45.6 Å². The van der Waals surface area contributed by atoms with Crippen molar-refractivity contribution in [1.29, 1.82) is 5.26 Å². The zero-order chi connectivity index (χ0) is 25.4. The Labute approximate surface area is 206 Å². The van der Waals surface area contributed by atoms with Gasteiger partial charge < -0.3 is 20.5 Å². The Morgan fingerprint density at radius 2 is 1.83 bits per heavy atom. The van der Waals surface area contributed by atoms with Crippen molar-refractivity contribution >= 4 is 17.7 Å². The van der Waals surface area contributed by atoms with Crippen molar-refractivity contribution in [3.05, 3.63) is 71.4 Å². The molecule has 3 rings (SSSR count). The number of benzene rings is 2. The van der Waals surface area contributed by atoms with Crippen molar-refractivity contribution < 1.29 is 14.6 Å². The largest absolute Gasteiger partial charge is 0.444 e. The van der Waals surface area contributed by atoms with Gasteiger partial charge in [0.1, 0.15) is 11.7 Å². The molecule has 0 saturated carbocycles. The molecule has 2 aromatic carbocycles. The van der Waals surface area contributed by atoms with Crippen LogP contribution in [0, 0.1) is 11.3 Å². The lowest BCUT2D eigenvalue weighted by atomic mass is 9.98. The van der Waals surface area contributed by atoms with Gasteiger partial charge in [0.15, 0.2) is 0 Å². The third-order valence-electron chi connectivity index (χ3n) is 5.22. The fourth-order valence-corrected chi connectivity index (χ4v) is 3.39. The molecule has 0 aliphatic carbocycles. The maximum atomic E-state index is 11.9. The number of ether oxygens (including phenoxy) is 1. The topological polar surface area (TPSA) is 120 Å². The standard InChI is InChI=1S/C27H31N5O3/c1-18(16-30-26(34)35-27(2,3)4)20-7-9-21(10-8-20)24-22(15-28)17-29-25(32-24)31-23-11-5-19(6-12-23)13-14-33/h5-12,17-18,33H,13-14,16H2,1-4H3,(H,30,34)(H,29,31,32). The molecule has 0 aliphatic rings. The van der Waals surface area contributed by atoms with Crippen LogP contribution in [0.3, 0.4) is 0 Å². The third-order valence-corrected chi connectivity index (χ3v) is 5.22. The molecule has 0 radical (unpaired) electrons. The van der Waals surface area contributed by atoms with Gasteiger partial charge >= 0.3 is 6.09 Å². The first-order valence-electron chi connectivity index (χ1n) is 11.5. The van der Waals surface area contributed by atoms with Crippen molar-refractivity contribution in [2.75, 3.05) is 18.5 Å². The number of hydrogen-bond donors (Lipinski definition) is 3. The number of aliphatic hydroxyl groups is 1. The maximum absolute atomic E-state index is 11.9. The minimum absolute atomic E-state index is 0.0726. The molecule has 8 heteroatoms. The predicted molar refractivity (Wildman–Crippen MR) is 135 cm³/mol. The monoisotopic (exact) mass is 473 g/mol. The van der Waals surface area contributed by atoms with E-state index in [1.807, 2.05) is 76.2 Å². The van der Waals surface area contributed by atoms with Crippen molar-refractivity contribution in [3.63, 3.8) is 0 Å². The number of carbonyl (C=O) groups excluding carboxylic acids is 1. The van der Waals surface area contributed by atoms with Gasteiger partial charge in [-0.3, -0.25) is 0 Å². The average molecular weight is 474 g/mol. The van der Waals surface area contributed by atoms with Gasteiger partial charge in [0.05, 0.1) is 17.5 Å². The summed E-state index contributed by atoms with van der Waals surface area (Å²) in [5.74, 6) is 0.455. The number of carbonyl (C=O) groups is 1. The Kier molecular flexibility index (Phi) is 8.39. The minimum atomic E-state index is -0.540. The van der Waals surface area contributed by atoms with E-state index in [0.717, 1.165) is 22.4 Å². The molecule has 1 aromatic heterocycles. The molecule has 0 saturated heterocycles. The number of amides is 1.